The van der Waals surface area contributed by atoms with Gasteiger partial charge in [-0.1, -0.05) is 6.07 Å². The quantitative estimate of drug-likeness (QED) is 0.795. The summed E-state index contributed by atoms with van der Waals surface area (Å²) in [6.45, 7) is 2.48. The molecule has 0 amide bonds. The van der Waals surface area contributed by atoms with Gasteiger partial charge in [0.1, 0.15) is 11.2 Å². The highest BCUT2D eigenvalue weighted by Gasteiger charge is 2.45. The van der Waals surface area contributed by atoms with Gasteiger partial charge in [0, 0.05) is 0 Å². The molecular weight excluding hydrogens is 220 g/mol. The topological polar surface area (TPSA) is 44.8 Å². The van der Waals surface area contributed by atoms with E-state index in [1.165, 1.54) is 0 Å². The van der Waals surface area contributed by atoms with Gasteiger partial charge in [0.05, 0.1) is 27.4 Å². The van der Waals surface area contributed by atoms with Gasteiger partial charge in [-0.3, -0.25) is 4.79 Å². The van der Waals surface area contributed by atoms with Crippen LogP contribution in [-0.2, 0) is 14.9 Å². The lowest BCUT2D eigenvalue weighted by molar-refractivity contribution is -0.140. The monoisotopic (exact) mass is 236 g/mol. The van der Waals surface area contributed by atoms with Crippen molar-refractivity contribution in [3.05, 3.63) is 23.8 Å². The van der Waals surface area contributed by atoms with Crippen LogP contribution in [0.1, 0.15) is 12.5 Å². The van der Waals surface area contributed by atoms with Crippen LogP contribution in [0.15, 0.2) is 18.2 Å². The fourth-order valence-corrected chi connectivity index (χ4v) is 2.01. The van der Waals surface area contributed by atoms with Crippen molar-refractivity contribution in [3.8, 4) is 11.5 Å². The summed E-state index contributed by atoms with van der Waals surface area (Å²) >= 11 is 0. The van der Waals surface area contributed by atoms with Crippen molar-refractivity contribution in [2.75, 3.05) is 27.4 Å². The Bertz CT molecular complexity index is 435. The number of methoxy groups -OCH3 is 2. The maximum absolute atomic E-state index is 11.8. The predicted molar refractivity (Wildman–Crippen MR) is 62.7 cm³/mol. The first kappa shape index (κ1) is 11.9. The van der Waals surface area contributed by atoms with Crippen molar-refractivity contribution in [2.45, 2.75) is 12.3 Å². The number of benzene rings is 1. The number of carbonyl (C=O) groups excluding carboxylic acids is 1. The van der Waals surface area contributed by atoms with Crippen LogP contribution in [0.4, 0.5) is 0 Å². The molecule has 0 radical (unpaired) electrons. The van der Waals surface area contributed by atoms with E-state index < -0.39 is 5.41 Å². The van der Waals surface area contributed by atoms with Crippen LogP contribution < -0.4 is 9.47 Å². The Balaban J connectivity index is 2.42. The molecule has 92 valence electrons. The van der Waals surface area contributed by atoms with Crippen LogP contribution in [0, 0.1) is 0 Å². The van der Waals surface area contributed by atoms with Gasteiger partial charge in [0.15, 0.2) is 11.5 Å². The van der Waals surface area contributed by atoms with Crippen molar-refractivity contribution >= 4 is 5.78 Å². The molecule has 1 aliphatic heterocycles. The number of hydrogen-bond donors (Lipinski definition) is 0. The fourth-order valence-electron chi connectivity index (χ4n) is 2.01. The lowest BCUT2D eigenvalue weighted by atomic mass is 9.75. The Morgan fingerprint density at radius 2 is 1.88 bits per heavy atom. The molecular formula is C13H16O4. The summed E-state index contributed by atoms with van der Waals surface area (Å²) in [4.78, 5) is 11.8. The molecule has 17 heavy (non-hydrogen) atoms. The molecule has 1 aromatic carbocycles. The Morgan fingerprint density at radius 1 is 1.24 bits per heavy atom. The lowest BCUT2D eigenvalue weighted by Gasteiger charge is -2.39. The van der Waals surface area contributed by atoms with Crippen LogP contribution in [0.25, 0.3) is 0 Å². The summed E-state index contributed by atoms with van der Waals surface area (Å²) in [5.41, 5.74) is 0.424. The molecule has 1 fully saturated rings. The van der Waals surface area contributed by atoms with E-state index in [1.807, 2.05) is 18.2 Å². The van der Waals surface area contributed by atoms with E-state index >= 15 is 0 Å². The molecule has 4 heteroatoms. The van der Waals surface area contributed by atoms with Gasteiger partial charge in [-0.25, -0.2) is 0 Å². The molecule has 0 bridgehead atoms. The molecule has 0 atom stereocenters. The van der Waals surface area contributed by atoms with Gasteiger partial charge in [0.2, 0.25) is 0 Å². The normalized spacial score (nSPS) is 17.1. The smallest absolute Gasteiger partial charge is 0.161 e. The van der Waals surface area contributed by atoms with E-state index in [1.54, 1.807) is 21.1 Å². The molecule has 1 heterocycles. The maximum atomic E-state index is 11.8. The zero-order valence-electron chi connectivity index (χ0n) is 10.3. The van der Waals surface area contributed by atoms with Crippen molar-refractivity contribution in [3.63, 3.8) is 0 Å². The third-order valence-electron chi connectivity index (χ3n) is 3.31. The summed E-state index contributed by atoms with van der Waals surface area (Å²) < 4.78 is 15.6. The van der Waals surface area contributed by atoms with Crippen LogP contribution >= 0.6 is 0 Å². The minimum absolute atomic E-state index is 0.121. The zero-order valence-corrected chi connectivity index (χ0v) is 10.3. The van der Waals surface area contributed by atoms with Crippen LogP contribution in [-0.4, -0.2) is 33.2 Å². The lowest BCUT2D eigenvalue weighted by Crippen LogP contribution is -2.52. The molecule has 0 spiro atoms. The molecule has 1 aliphatic rings. The molecule has 0 N–H and O–H groups in total. The minimum atomic E-state index is -0.500. The molecule has 0 saturated carbocycles. The second kappa shape index (κ2) is 4.37. The summed E-state index contributed by atoms with van der Waals surface area (Å²) in [6, 6.07) is 5.56. The highest BCUT2D eigenvalue weighted by molar-refractivity contribution is 5.89. The summed E-state index contributed by atoms with van der Waals surface area (Å²) in [5.74, 6) is 1.42. The molecule has 4 nitrogen and oxygen atoms in total. The Hall–Kier alpha value is -1.55. The van der Waals surface area contributed by atoms with Crippen LogP contribution in [0.3, 0.4) is 0 Å². The van der Waals surface area contributed by atoms with Gasteiger partial charge >= 0.3 is 0 Å². The van der Waals surface area contributed by atoms with Gasteiger partial charge in [-0.15, -0.1) is 0 Å². The second-order valence-electron chi connectivity index (χ2n) is 4.20. The first-order valence-corrected chi connectivity index (χ1v) is 5.45. The van der Waals surface area contributed by atoms with E-state index in [4.69, 9.17) is 14.2 Å². The van der Waals surface area contributed by atoms with Gasteiger partial charge in [-0.05, 0) is 24.6 Å². The van der Waals surface area contributed by atoms with Crippen molar-refractivity contribution in [1.29, 1.82) is 0 Å². The Morgan fingerprint density at radius 3 is 2.29 bits per heavy atom. The average Bonchev–Trinajstić information content (AvgIpc) is 2.26. The van der Waals surface area contributed by atoms with E-state index in [-0.39, 0.29) is 5.78 Å². The molecule has 1 aromatic rings. The number of ether oxygens (including phenoxy) is 3. The predicted octanol–water partition coefficient (Wildman–Crippen LogP) is 1.56. The molecule has 0 unspecified atom stereocenters. The third kappa shape index (κ3) is 1.78. The first-order valence-electron chi connectivity index (χ1n) is 5.45. The minimum Gasteiger partial charge on any atom is -0.493 e. The van der Waals surface area contributed by atoms with Gasteiger partial charge in [0.25, 0.3) is 0 Å². The maximum Gasteiger partial charge on any atom is 0.161 e. The highest BCUT2D eigenvalue weighted by atomic mass is 16.5. The van der Waals surface area contributed by atoms with E-state index in [9.17, 15) is 4.79 Å². The SMILES string of the molecule is COc1ccc(C2(C(C)=O)COC2)cc1OC. The largest absolute Gasteiger partial charge is 0.493 e. The molecule has 1 saturated heterocycles. The summed E-state index contributed by atoms with van der Waals surface area (Å²) in [6.07, 6.45) is 0. The van der Waals surface area contributed by atoms with E-state index in [0.29, 0.717) is 24.7 Å². The zero-order chi connectivity index (χ0) is 12.5. The van der Waals surface area contributed by atoms with E-state index in [2.05, 4.69) is 0 Å². The number of carbonyl (C=O) groups is 1. The average molecular weight is 236 g/mol. The number of ketones is 1. The standard InChI is InChI=1S/C13H16O4/c1-9(14)13(7-17-8-13)10-4-5-11(15-2)12(6-10)16-3/h4-6H,7-8H2,1-3H3. The van der Waals surface area contributed by atoms with E-state index in [0.717, 1.165) is 5.56 Å². The molecule has 0 aromatic heterocycles. The molecule has 2 rings (SSSR count). The Labute approximate surface area is 100 Å². The van der Waals surface area contributed by atoms with Gasteiger partial charge in [-0.2, -0.15) is 0 Å². The van der Waals surface area contributed by atoms with Crippen LogP contribution in [0.5, 0.6) is 11.5 Å². The third-order valence-corrected chi connectivity index (χ3v) is 3.31. The number of rotatable bonds is 4. The Kier molecular flexibility index (Phi) is 3.07. The summed E-state index contributed by atoms with van der Waals surface area (Å²) in [7, 11) is 3.17. The van der Waals surface area contributed by atoms with Crippen molar-refractivity contribution < 1.29 is 19.0 Å². The highest BCUT2D eigenvalue weighted by Crippen LogP contribution is 2.38. The first-order chi connectivity index (χ1) is 8.14. The van der Waals surface area contributed by atoms with Crippen molar-refractivity contribution in [1.82, 2.24) is 0 Å². The van der Waals surface area contributed by atoms with Gasteiger partial charge < -0.3 is 14.2 Å². The number of hydrogen-bond acceptors (Lipinski definition) is 4. The summed E-state index contributed by atoms with van der Waals surface area (Å²) in [5, 5.41) is 0. The fraction of sp³-hybridized carbons (Fsp3) is 0.462. The van der Waals surface area contributed by atoms with Crippen molar-refractivity contribution in [2.24, 2.45) is 0 Å². The second-order valence-corrected chi connectivity index (χ2v) is 4.20. The molecule has 0 aliphatic carbocycles. The van der Waals surface area contributed by atoms with Crippen LogP contribution in [0.2, 0.25) is 0 Å². The number of Topliss-reactive ketones (excluding diaryl/α,β-unsaturated/α-hetero) is 1.